The average molecular weight is 242 g/mol. The first-order valence-corrected chi connectivity index (χ1v) is 4.40. The smallest absolute Gasteiger partial charge is 0.422 e. The number of carbonyl (C=O) groups is 2. The van der Waals surface area contributed by atoms with Gasteiger partial charge in [-0.15, -0.1) is 0 Å². The molecule has 0 rings (SSSR count). The van der Waals surface area contributed by atoms with Crippen molar-refractivity contribution in [1.29, 1.82) is 0 Å². The molecule has 2 amide bonds. The third-order valence-electron chi connectivity index (χ3n) is 1.47. The number of alkyl halides is 3. The van der Waals surface area contributed by atoms with Crippen molar-refractivity contribution in [1.82, 2.24) is 10.2 Å². The van der Waals surface area contributed by atoms with Crippen LogP contribution in [-0.4, -0.2) is 50.3 Å². The number of carbonyl (C=O) groups excluding carboxylic acids is 2. The summed E-state index contributed by atoms with van der Waals surface area (Å²) in [5.74, 6) is -0.240. The van der Waals surface area contributed by atoms with Gasteiger partial charge in [-0.25, -0.2) is 4.79 Å². The Bertz CT molecular complexity index is 253. The van der Waals surface area contributed by atoms with E-state index in [-0.39, 0.29) is 18.9 Å². The molecule has 0 radical (unpaired) electrons. The van der Waals surface area contributed by atoms with Gasteiger partial charge in [0.15, 0.2) is 6.61 Å². The highest BCUT2D eigenvalue weighted by Crippen LogP contribution is 2.14. The fourth-order valence-electron chi connectivity index (χ4n) is 0.694. The molecule has 0 aromatic rings. The Kier molecular flexibility index (Phi) is 5.62. The number of amides is 2. The number of alkyl carbamates (subject to hydrolysis) is 1. The molecule has 0 aromatic carbocycles. The molecule has 16 heavy (non-hydrogen) atoms. The van der Waals surface area contributed by atoms with Crippen LogP contribution >= 0.6 is 0 Å². The molecular weight excluding hydrogens is 229 g/mol. The molecular formula is C8H13F3N2O3. The zero-order chi connectivity index (χ0) is 12.8. The molecule has 0 aliphatic carbocycles. The number of rotatable bonds is 4. The van der Waals surface area contributed by atoms with E-state index in [1.807, 2.05) is 5.32 Å². The van der Waals surface area contributed by atoms with Crippen molar-refractivity contribution in [3.05, 3.63) is 0 Å². The van der Waals surface area contributed by atoms with E-state index in [0.29, 0.717) is 0 Å². The molecule has 0 heterocycles. The predicted octanol–water partition coefficient (Wildman–Crippen LogP) is 0.753. The van der Waals surface area contributed by atoms with E-state index < -0.39 is 18.9 Å². The van der Waals surface area contributed by atoms with Gasteiger partial charge in [0.2, 0.25) is 5.91 Å². The second-order valence-corrected chi connectivity index (χ2v) is 3.16. The van der Waals surface area contributed by atoms with Crippen LogP contribution in [0.1, 0.15) is 6.42 Å². The fourth-order valence-corrected chi connectivity index (χ4v) is 0.694. The summed E-state index contributed by atoms with van der Waals surface area (Å²) in [6.07, 6.45) is -5.73. The molecule has 0 unspecified atom stereocenters. The maximum atomic E-state index is 11.6. The van der Waals surface area contributed by atoms with Crippen LogP contribution in [0.25, 0.3) is 0 Å². The number of hydrogen-bond donors (Lipinski definition) is 1. The van der Waals surface area contributed by atoms with E-state index in [1.54, 1.807) is 0 Å². The standard InChI is InChI=1S/C8H13F3N2O3/c1-13(2)6(14)3-4-12-7(15)16-5-8(9,10)11/h3-5H2,1-2H3,(H,12,15). The molecule has 0 aliphatic heterocycles. The van der Waals surface area contributed by atoms with Gasteiger partial charge in [-0.05, 0) is 0 Å². The lowest BCUT2D eigenvalue weighted by Gasteiger charge is -2.11. The van der Waals surface area contributed by atoms with Gasteiger partial charge in [-0.1, -0.05) is 0 Å². The van der Waals surface area contributed by atoms with Crippen LogP contribution < -0.4 is 5.32 Å². The third-order valence-corrected chi connectivity index (χ3v) is 1.47. The van der Waals surface area contributed by atoms with Crippen molar-refractivity contribution in [3.63, 3.8) is 0 Å². The number of nitrogens with zero attached hydrogens (tertiary/aromatic N) is 1. The van der Waals surface area contributed by atoms with Crippen LogP contribution in [0.5, 0.6) is 0 Å². The van der Waals surface area contributed by atoms with Crippen molar-refractivity contribution in [2.45, 2.75) is 12.6 Å². The lowest BCUT2D eigenvalue weighted by Crippen LogP contribution is -2.32. The number of hydrogen-bond acceptors (Lipinski definition) is 3. The minimum Gasteiger partial charge on any atom is -0.440 e. The van der Waals surface area contributed by atoms with Gasteiger partial charge in [0.05, 0.1) is 0 Å². The molecule has 0 fully saturated rings. The SMILES string of the molecule is CN(C)C(=O)CCNC(=O)OCC(F)(F)F. The fraction of sp³-hybridized carbons (Fsp3) is 0.750. The largest absolute Gasteiger partial charge is 0.440 e. The minimum atomic E-state index is -4.54. The van der Waals surface area contributed by atoms with Gasteiger partial charge in [0.1, 0.15) is 0 Å². The summed E-state index contributed by atoms with van der Waals surface area (Å²) in [6, 6.07) is 0. The Hall–Kier alpha value is -1.47. The van der Waals surface area contributed by atoms with Crippen LogP contribution in [0.4, 0.5) is 18.0 Å². The number of nitrogens with one attached hydrogen (secondary N) is 1. The van der Waals surface area contributed by atoms with Gasteiger partial charge in [0, 0.05) is 27.1 Å². The summed E-state index contributed by atoms with van der Waals surface area (Å²) in [4.78, 5) is 23.0. The molecule has 5 nitrogen and oxygen atoms in total. The molecule has 1 N–H and O–H groups in total. The van der Waals surface area contributed by atoms with E-state index in [4.69, 9.17) is 0 Å². The van der Waals surface area contributed by atoms with Crippen LogP contribution in [0.3, 0.4) is 0 Å². The summed E-state index contributed by atoms with van der Waals surface area (Å²) < 4.78 is 38.7. The van der Waals surface area contributed by atoms with Crippen molar-refractivity contribution in [3.8, 4) is 0 Å². The highest BCUT2D eigenvalue weighted by molar-refractivity contribution is 5.76. The molecule has 0 aromatic heterocycles. The predicted molar refractivity (Wildman–Crippen MR) is 48.7 cm³/mol. The van der Waals surface area contributed by atoms with Crippen LogP contribution in [0, 0.1) is 0 Å². The quantitative estimate of drug-likeness (QED) is 0.791. The molecule has 0 saturated heterocycles. The van der Waals surface area contributed by atoms with Gasteiger partial charge in [-0.3, -0.25) is 4.79 Å². The molecule has 0 saturated carbocycles. The van der Waals surface area contributed by atoms with Crippen molar-refractivity contribution in [2.75, 3.05) is 27.2 Å². The number of halogens is 3. The summed E-state index contributed by atoms with van der Waals surface area (Å²) in [5, 5.41) is 2.03. The summed E-state index contributed by atoms with van der Waals surface area (Å²) in [5.41, 5.74) is 0. The second kappa shape index (κ2) is 6.19. The Morgan fingerprint density at radius 3 is 2.31 bits per heavy atom. The zero-order valence-electron chi connectivity index (χ0n) is 8.93. The van der Waals surface area contributed by atoms with Gasteiger partial charge in [0.25, 0.3) is 0 Å². The molecule has 94 valence electrons. The molecule has 0 bridgehead atoms. The van der Waals surface area contributed by atoms with E-state index in [0.717, 1.165) is 0 Å². The van der Waals surface area contributed by atoms with Crippen LogP contribution in [0.15, 0.2) is 0 Å². The summed E-state index contributed by atoms with van der Waals surface area (Å²) in [6.45, 7) is -1.70. The average Bonchev–Trinajstić information content (AvgIpc) is 2.13. The highest BCUT2D eigenvalue weighted by Gasteiger charge is 2.29. The first kappa shape index (κ1) is 14.5. The molecule has 0 spiro atoms. The lowest BCUT2D eigenvalue weighted by atomic mass is 10.4. The Balaban J connectivity index is 3.63. The van der Waals surface area contributed by atoms with E-state index >= 15 is 0 Å². The third kappa shape index (κ3) is 7.89. The highest BCUT2D eigenvalue weighted by atomic mass is 19.4. The van der Waals surface area contributed by atoms with Gasteiger partial charge in [-0.2, -0.15) is 13.2 Å². The first-order valence-electron chi connectivity index (χ1n) is 4.40. The Morgan fingerprint density at radius 2 is 1.88 bits per heavy atom. The topological polar surface area (TPSA) is 58.6 Å². The van der Waals surface area contributed by atoms with Crippen molar-refractivity contribution >= 4 is 12.0 Å². The zero-order valence-corrected chi connectivity index (χ0v) is 8.93. The number of ether oxygens (including phenoxy) is 1. The Labute approximate surface area is 90.5 Å². The van der Waals surface area contributed by atoms with E-state index in [2.05, 4.69) is 4.74 Å². The van der Waals surface area contributed by atoms with E-state index in [1.165, 1.54) is 19.0 Å². The normalized spacial score (nSPS) is 10.8. The van der Waals surface area contributed by atoms with Crippen molar-refractivity contribution < 1.29 is 27.5 Å². The van der Waals surface area contributed by atoms with Gasteiger partial charge >= 0.3 is 12.3 Å². The molecule has 8 heteroatoms. The summed E-state index contributed by atoms with van der Waals surface area (Å²) >= 11 is 0. The van der Waals surface area contributed by atoms with Crippen LogP contribution in [0.2, 0.25) is 0 Å². The van der Waals surface area contributed by atoms with Crippen LogP contribution in [-0.2, 0) is 9.53 Å². The molecule has 0 aliphatic rings. The summed E-state index contributed by atoms with van der Waals surface area (Å²) in [7, 11) is 3.06. The maximum absolute atomic E-state index is 11.6. The minimum absolute atomic E-state index is 0.00805. The van der Waals surface area contributed by atoms with Gasteiger partial charge < -0.3 is 15.0 Å². The monoisotopic (exact) mass is 242 g/mol. The van der Waals surface area contributed by atoms with Crippen molar-refractivity contribution in [2.24, 2.45) is 0 Å². The maximum Gasteiger partial charge on any atom is 0.422 e. The van der Waals surface area contributed by atoms with E-state index in [9.17, 15) is 22.8 Å². The lowest BCUT2D eigenvalue weighted by molar-refractivity contribution is -0.160. The first-order chi connectivity index (χ1) is 7.22. The second-order valence-electron chi connectivity index (χ2n) is 3.16. The molecule has 0 atom stereocenters. The Morgan fingerprint density at radius 1 is 1.31 bits per heavy atom.